The third kappa shape index (κ3) is 2.95. The molecule has 0 amide bonds. The number of aromatic nitrogens is 3. The van der Waals surface area contributed by atoms with E-state index in [0.29, 0.717) is 28.0 Å². The van der Waals surface area contributed by atoms with Gasteiger partial charge in [-0.25, -0.2) is 4.98 Å². The topological polar surface area (TPSA) is 98.1 Å². The molecule has 0 aliphatic heterocycles. The Labute approximate surface area is 147 Å². The molecule has 2 heterocycles. The number of fused-ring (bicyclic) bond motifs is 2. The van der Waals surface area contributed by atoms with Crippen LogP contribution in [-0.2, 0) is 22.6 Å². The second kappa shape index (κ2) is 6.44. The van der Waals surface area contributed by atoms with Gasteiger partial charge >= 0.3 is 5.97 Å². The number of hydrogen-bond acceptors (Lipinski definition) is 6. The maximum atomic E-state index is 12.1. The number of carbonyl (C=O) groups is 1. The van der Waals surface area contributed by atoms with Crippen molar-refractivity contribution in [3.8, 4) is 0 Å². The van der Waals surface area contributed by atoms with Crippen LogP contribution < -0.4 is 5.56 Å². The van der Waals surface area contributed by atoms with E-state index in [2.05, 4.69) is 15.1 Å². The summed E-state index contributed by atoms with van der Waals surface area (Å²) in [6.07, 6.45) is -0.0200. The molecule has 0 radical (unpaired) electrons. The molecule has 0 aliphatic carbocycles. The Morgan fingerprint density at radius 3 is 2.85 bits per heavy atom. The van der Waals surface area contributed by atoms with Crippen LogP contribution in [0.15, 0.2) is 51.8 Å². The first-order valence-electron chi connectivity index (χ1n) is 8.09. The highest BCUT2D eigenvalue weighted by atomic mass is 16.5. The third-order valence-electron chi connectivity index (χ3n) is 4.12. The Morgan fingerprint density at radius 1 is 1.15 bits per heavy atom. The Morgan fingerprint density at radius 2 is 1.96 bits per heavy atom. The standard InChI is InChI=1S/C19H15N3O4/c1-11-5-4-7-13-18(11)20-16(21-19(13)24)10-25-17(23)9-14-12-6-2-3-8-15(12)26-22-14/h2-8H,9-10H2,1H3,(H,20,21,24). The Bertz CT molecular complexity index is 1180. The SMILES string of the molecule is Cc1cccc2c(=O)[nH]c(COC(=O)Cc3noc4ccccc34)nc12. The zero-order valence-electron chi connectivity index (χ0n) is 14.0. The lowest BCUT2D eigenvalue weighted by Crippen LogP contribution is -2.15. The minimum Gasteiger partial charge on any atom is -0.457 e. The number of aryl methyl sites for hydroxylation is 1. The number of ether oxygens (including phenoxy) is 1. The van der Waals surface area contributed by atoms with Crippen LogP contribution in [0.2, 0.25) is 0 Å². The lowest BCUT2D eigenvalue weighted by Gasteiger charge is -2.06. The smallest absolute Gasteiger partial charge is 0.312 e. The van der Waals surface area contributed by atoms with Crippen LogP contribution in [0.4, 0.5) is 0 Å². The molecule has 7 heteroatoms. The molecule has 0 saturated heterocycles. The number of esters is 1. The molecule has 0 saturated carbocycles. The molecule has 2 aromatic heterocycles. The highest BCUT2D eigenvalue weighted by molar-refractivity contribution is 5.84. The lowest BCUT2D eigenvalue weighted by atomic mass is 10.1. The zero-order valence-corrected chi connectivity index (χ0v) is 14.0. The van der Waals surface area contributed by atoms with E-state index >= 15 is 0 Å². The summed E-state index contributed by atoms with van der Waals surface area (Å²) < 4.78 is 10.4. The van der Waals surface area contributed by atoms with Crippen molar-refractivity contribution < 1.29 is 14.1 Å². The molecule has 4 aromatic rings. The van der Waals surface area contributed by atoms with E-state index < -0.39 is 5.97 Å². The van der Waals surface area contributed by atoms with Gasteiger partial charge in [0.05, 0.1) is 17.3 Å². The fourth-order valence-electron chi connectivity index (χ4n) is 2.82. The van der Waals surface area contributed by atoms with Gasteiger partial charge in [-0.1, -0.05) is 29.4 Å². The number of benzene rings is 2. The van der Waals surface area contributed by atoms with Crippen LogP contribution in [-0.4, -0.2) is 21.1 Å². The number of nitrogens with zero attached hydrogens (tertiary/aromatic N) is 2. The fraction of sp³-hybridized carbons (Fsp3) is 0.158. The van der Waals surface area contributed by atoms with Gasteiger partial charge in [0, 0.05) is 5.39 Å². The van der Waals surface area contributed by atoms with E-state index in [1.807, 2.05) is 31.2 Å². The second-order valence-corrected chi connectivity index (χ2v) is 5.95. The molecule has 2 aromatic carbocycles. The summed E-state index contributed by atoms with van der Waals surface area (Å²) in [6, 6.07) is 12.7. The highest BCUT2D eigenvalue weighted by Crippen LogP contribution is 2.18. The maximum Gasteiger partial charge on any atom is 0.312 e. The number of para-hydroxylation sites is 2. The van der Waals surface area contributed by atoms with Gasteiger partial charge in [0.15, 0.2) is 5.58 Å². The van der Waals surface area contributed by atoms with Crippen LogP contribution in [0, 0.1) is 6.92 Å². The molecule has 7 nitrogen and oxygen atoms in total. The van der Waals surface area contributed by atoms with Gasteiger partial charge < -0.3 is 14.2 Å². The Balaban J connectivity index is 1.50. The first-order chi connectivity index (χ1) is 12.6. The second-order valence-electron chi connectivity index (χ2n) is 5.95. The molecule has 0 atom stereocenters. The van der Waals surface area contributed by atoms with E-state index in [1.54, 1.807) is 18.2 Å². The average Bonchev–Trinajstić information content (AvgIpc) is 3.04. The zero-order chi connectivity index (χ0) is 18.1. The van der Waals surface area contributed by atoms with Crippen LogP contribution in [0.1, 0.15) is 17.1 Å². The number of rotatable bonds is 4. The summed E-state index contributed by atoms with van der Waals surface area (Å²) in [5.41, 5.74) is 2.36. The van der Waals surface area contributed by atoms with Crippen molar-refractivity contribution in [3.05, 3.63) is 69.9 Å². The van der Waals surface area contributed by atoms with Crippen molar-refractivity contribution in [2.45, 2.75) is 20.0 Å². The van der Waals surface area contributed by atoms with Crippen molar-refractivity contribution in [1.29, 1.82) is 0 Å². The number of nitrogens with one attached hydrogen (secondary N) is 1. The molecule has 0 fully saturated rings. The van der Waals surface area contributed by atoms with Crippen molar-refractivity contribution in [2.75, 3.05) is 0 Å². The lowest BCUT2D eigenvalue weighted by molar-refractivity contribution is -0.144. The minimum atomic E-state index is -0.475. The largest absolute Gasteiger partial charge is 0.457 e. The molecule has 0 spiro atoms. The van der Waals surface area contributed by atoms with Crippen molar-refractivity contribution in [3.63, 3.8) is 0 Å². The van der Waals surface area contributed by atoms with Gasteiger partial charge in [-0.2, -0.15) is 0 Å². The van der Waals surface area contributed by atoms with E-state index in [4.69, 9.17) is 9.26 Å². The number of hydrogen-bond donors (Lipinski definition) is 1. The normalized spacial score (nSPS) is 11.1. The highest BCUT2D eigenvalue weighted by Gasteiger charge is 2.14. The number of carbonyl (C=O) groups excluding carboxylic acids is 1. The predicted octanol–water partition coefficient (Wildman–Crippen LogP) is 2.66. The molecule has 0 unspecified atom stereocenters. The summed E-state index contributed by atoms with van der Waals surface area (Å²) in [7, 11) is 0. The molecule has 130 valence electrons. The van der Waals surface area contributed by atoms with Gasteiger partial charge in [-0.05, 0) is 30.7 Å². The summed E-state index contributed by atoms with van der Waals surface area (Å²) >= 11 is 0. The van der Waals surface area contributed by atoms with E-state index in [9.17, 15) is 9.59 Å². The monoisotopic (exact) mass is 349 g/mol. The third-order valence-corrected chi connectivity index (χ3v) is 4.12. The van der Waals surface area contributed by atoms with Crippen LogP contribution in [0.5, 0.6) is 0 Å². The summed E-state index contributed by atoms with van der Waals surface area (Å²) in [6.45, 7) is 1.76. The van der Waals surface area contributed by atoms with Crippen molar-refractivity contribution in [1.82, 2.24) is 15.1 Å². The fourth-order valence-corrected chi connectivity index (χ4v) is 2.82. The summed E-state index contributed by atoms with van der Waals surface area (Å²) in [4.78, 5) is 31.3. The van der Waals surface area contributed by atoms with E-state index in [1.165, 1.54) is 0 Å². The van der Waals surface area contributed by atoms with E-state index in [0.717, 1.165) is 10.9 Å². The quantitative estimate of drug-likeness (QED) is 0.569. The van der Waals surface area contributed by atoms with Crippen molar-refractivity contribution >= 4 is 27.8 Å². The number of aromatic amines is 1. The molecular formula is C19H15N3O4. The Kier molecular flexibility index (Phi) is 3.96. The molecular weight excluding hydrogens is 334 g/mol. The van der Waals surface area contributed by atoms with Gasteiger partial charge in [0.2, 0.25) is 0 Å². The van der Waals surface area contributed by atoms with Gasteiger partial charge in [-0.15, -0.1) is 0 Å². The van der Waals surface area contributed by atoms with Gasteiger partial charge in [0.1, 0.15) is 18.1 Å². The van der Waals surface area contributed by atoms with Crippen molar-refractivity contribution in [2.24, 2.45) is 0 Å². The predicted molar refractivity (Wildman–Crippen MR) is 94.6 cm³/mol. The average molecular weight is 349 g/mol. The van der Waals surface area contributed by atoms with Crippen LogP contribution >= 0.6 is 0 Å². The Hall–Kier alpha value is -3.48. The molecule has 1 N–H and O–H groups in total. The maximum absolute atomic E-state index is 12.1. The number of H-pyrrole nitrogens is 1. The van der Waals surface area contributed by atoms with Crippen LogP contribution in [0.3, 0.4) is 0 Å². The van der Waals surface area contributed by atoms with Gasteiger partial charge in [-0.3, -0.25) is 9.59 Å². The van der Waals surface area contributed by atoms with Gasteiger partial charge in [0.25, 0.3) is 5.56 Å². The minimum absolute atomic E-state index is 0.0200. The first-order valence-corrected chi connectivity index (χ1v) is 8.09. The van der Waals surface area contributed by atoms with Crippen LogP contribution in [0.25, 0.3) is 21.9 Å². The first kappa shape index (κ1) is 16.0. The molecule has 0 bridgehead atoms. The van der Waals surface area contributed by atoms with E-state index in [-0.39, 0.29) is 18.6 Å². The summed E-state index contributed by atoms with van der Waals surface area (Å²) in [5, 5.41) is 5.19. The molecule has 26 heavy (non-hydrogen) atoms. The summed E-state index contributed by atoms with van der Waals surface area (Å²) in [5.74, 6) is -0.174. The molecule has 0 aliphatic rings. The molecule has 4 rings (SSSR count).